The molecule has 0 amide bonds. The lowest BCUT2D eigenvalue weighted by atomic mass is 10.3. The molecule has 19 heavy (non-hydrogen) atoms. The summed E-state index contributed by atoms with van der Waals surface area (Å²) in [6.45, 7) is -0.539. The van der Waals surface area contributed by atoms with E-state index in [1.54, 1.807) is 0 Å². The van der Waals surface area contributed by atoms with Crippen molar-refractivity contribution in [3.05, 3.63) is 24.1 Å². The number of aliphatic carboxylic acids is 1. The Morgan fingerprint density at radius 3 is 2.84 bits per heavy atom. The SMILES string of the molecule is CS(=O)(=O)c1ccc2oc(COCC(=O)O)nc2c1. The fraction of sp³-hybridized carbons (Fsp3) is 0.273. The number of carbonyl (C=O) groups is 1. The van der Waals surface area contributed by atoms with E-state index in [1.807, 2.05) is 0 Å². The van der Waals surface area contributed by atoms with Gasteiger partial charge in [0.1, 0.15) is 18.7 Å². The third kappa shape index (κ3) is 3.30. The van der Waals surface area contributed by atoms with Crippen LogP contribution in [0.4, 0.5) is 0 Å². The quantitative estimate of drug-likeness (QED) is 0.867. The molecule has 1 aromatic heterocycles. The van der Waals surface area contributed by atoms with Gasteiger partial charge in [-0.25, -0.2) is 18.2 Å². The molecule has 0 unspecified atom stereocenters. The standard InChI is InChI=1S/C11H11NO6S/c1-19(15,16)7-2-3-9-8(4-7)12-10(18-9)5-17-6-11(13)14/h2-4H,5-6H2,1H3,(H,13,14). The third-order valence-corrected chi connectivity index (χ3v) is 3.39. The van der Waals surface area contributed by atoms with Gasteiger partial charge in [0.05, 0.1) is 4.90 Å². The van der Waals surface area contributed by atoms with Gasteiger partial charge in [-0.3, -0.25) is 0 Å². The Hall–Kier alpha value is -1.93. The zero-order valence-corrected chi connectivity index (χ0v) is 10.8. The first-order valence-corrected chi connectivity index (χ1v) is 7.14. The number of fused-ring (bicyclic) bond motifs is 1. The Kier molecular flexibility index (Phi) is 3.54. The van der Waals surface area contributed by atoms with Crippen molar-refractivity contribution >= 4 is 26.9 Å². The summed E-state index contributed by atoms with van der Waals surface area (Å²) in [6, 6.07) is 4.32. The molecule has 0 spiro atoms. The second-order valence-corrected chi connectivity index (χ2v) is 5.91. The average molecular weight is 285 g/mol. The van der Waals surface area contributed by atoms with E-state index in [2.05, 4.69) is 4.98 Å². The van der Waals surface area contributed by atoms with Crippen molar-refractivity contribution < 1.29 is 27.5 Å². The summed E-state index contributed by atoms with van der Waals surface area (Å²) in [6.07, 6.45) is 1.10. The van der Waals surface area contributed by atoms with E-state index in [1.165, 1.54) is 18.2 Å². The van der Waals surface area contributed by atoms with Gasteiger partial charge in [0.25, 0.3) is 0 Å². The number of sulfone groups is 1. The number of carboxylic acids is 1. The molecule has 2 rings (SSSR count). The van der Waals surface area contributed by atoms with E-state index in [0.29, 0.717) is 11.1 Å². The molecule has 0 aliphatic carbocycles. The molecule has 8 heteroatoms. The highest BCUT2D eigenvalue weighted by atomic mass is 32.2. The van der Waals surface area contributed by atoms with Crippen LogP contribution in [0.5, 0.6) is 0 Å². The molecule has 0 radical (unpaired) electrons. The molecule has 0 saturated heterocycles. The first-order valence-electron chi connectivity index (χ1n) is 5.25. The van der Waals surface area contributed by atoms with Crippen LogP contribution in [0, 0.1) is 0 Å². The summed E-state index contributed by atoms with van der Waals surface area (Å²) >= 11 is 0. The number of carboxylic acid groups (broad SMARTS) is 1. The fourth-order valence-electron chi connectivity index (χ4n) is 1.47. The van der Waals surface area contributed by atoms with E-state index in [-0.39, 0.29) is 17.4 Å². The summed E-state index contributed by atoms with van der Waals surface area (Å²) in [5.41, 5.74) is 0.804. The van der Waals surface area contributed by atoms with E-state index < -0.39 is 22.4 Å². The molecule has 0 fully saturated rings. The maximum Gasteiger partial charge on any atom is 0.329 e. The zero-order chi connectivity index (χ0) is 14.0. The molecule has 0 atom stereocenters. The smallest absolute Gasteiger partial charge is 0.329 e. The molecule has 102 valence electrons. The van der Waals surface area contributed by atoms with Crippen molar-refractivity contribution in [2.24, 2.45) is 0 Å². The Labute approximate surface area is 108 Å². The van der Waals surface area contributed by atoms with Crippen LogP contribution in [-0.4, -0.2) is 37.3 Å². The van der Waals surface area contributed by atoms with Crippen molar-refractivity contribution in [2.75, 3.05) is 12.9 Å². The van der Waals surface area contributed by atoms with Crippen LogP contribution >= 0.6 is 0 Å². The van der Waals surface area contributed by atoms with Crippen LogP contribution in [0.2, 0.25) is 0 Å². The van der Waals surface area contributed by atoms with Gasteiger partial charge in [-0.1, -0.05) is 0 Å². The molecular weight excluding hydrogens is 274 g/mol. The monoisotopic (exact) mass is 285 g/mol. The minimum atomic E-state index is -3.30. The number of hydrogen-bond acceptors (Lipinski definition) is 6. The number of aromatic nitrogens is 1. The highest BCUT2D eigenvalue weighted by Gasteiger charge is 2.12. The molecule has 7 nitrogen and oxygen atoms in total. The maximum atomic E-state index is 11.4. The number of nitrogens with zero attached hydrogens (tertiary/aromatic N) is 1. The first kappa shape index (κ1) is 13.5. The molecular formula is C11H11NO6S. The Morgan fingerprint density at radius 2 is 2.21 bits per heavy atom. The average Bonchev–Trinajstić information content (AvgIpc) is 2.68. The summed E-state index contributed by atoms with van der Waals surface area (Å²) in [7, 11) is -3.30. The van der Waals surface area contributed by atoms with Gasteiger partial charge in [-0.05, 0) is 18.2 Å². The normalized spacial score (nSPS) is 11.8. The second-order valence-electron chi connectivity index (χ2n) is 3.90. The highest BCUT2D eigenvalue weighted by molar-refractivity contribution is 7.90. The van der Waals surface area contributed by atoms with Crippen LogP contribution in [-0.2, 0) is 26.0 Å². The van der Waals surface area contributed by atoms with Gasteiger partial charge in [0.2, 0.25) is 5.89 Å². The molecule has 0 bridgehead atoms. The van der Waals surface area contributed by atoms with Crippen LogP contribution < -0.4 is 0 Å². The molecule has 1 N–H and O–H groups in total. The van der Waals surface area contributed by atoms with E-state index in [9.17, 15) is 13.2 Å². The summed E-state index contributed by atoms with van der Waals surface area (Å²) < 4.78 is 32.9. The second kappa shape index (κ2) is 4.98. The fourth-order valence-corrected chi connectivity index (χ4v) is 2.11. The molecule has 0 aliphatic heterocycles. The van der Waals surface area contributed by atoms with Crippen molar-refractivity contribution in [3.8, 4) is 0 Å². The summed E-state index contributed by atoms with van der Waals surface area (Å²) in [4.78, 5) is 14.5. The van der Waals surface area contributed by atoms with E-state index in [4.69, 9.17) is 14.3 Å². The van der Waals surface area contributed by atoms with Gasteiger partial charge in [-0.2, -0.15) is 0 Å². The van der Waals surface area contributed by atoms with Gasteiger partial charge < -0.3 is 14.3 Å². The number of rotatable bonds is 5. The van der Waals surface area contributed by atoms with Crippen LogP contribution in [0.3, 0.4) is 0 Å². The molecule has 1 heterocycles. The lowest BCUT2D eigenvalue weighted by molar-refractivity contribution is -0.142. The topological polar surface area (TPSA) is 107 Å². The summed E-state index contributed by atoms with van der Waals surface area (Å²) in [5.74, 6) is -0.891. The zero-order valence-electron chi connectivity index (χ0n) is 9.99. The molecule has 2 aromatic rings. The van der Waals surface area contributed by atoms with Crippen LogP contribution in [0.25, 0.3) is 11.1 Å². The molecule has 0 saturated carbocycles. The minimum absolute atomic E-state index is 0.0881. The predicted octanol–water partition coefficient (Wildman–Crippen LogP) is 0.833. The van der Waals surface area contributed by atoms with Gasteiger partial charge in [0, 0.05) is 6.26 Å². The van der Waals surface area contributed by atoms with Crippen molar-refractivity contribution in [2.45, 2.75) is 11.5 Å². The van der Waals surface area contributed by atoms with Gasteiger partial charge >= 0.3 is 5.97 Å². The Bertz CT molecular complexity index is 718. The van der Waals surface area contributed by atoms with Gasteiger partial charge in [0.15, 0.2) is 15.4 Å². The van der Waals surface area contributed by atoms with E-state index in [0.717, 1.165) is 6.26 Å². The Morgan fingerprint density at radius 1 is 1.47 bits per heavy atom. The summed E-state index contributed by atoms with van der Waals surface area (Å²) in [5, 5.41) is 8.41. The van der Waals surface area contributed by atoms with Crippen molar-refractivity contribution in [1.29, 1.82) is 0 Å². The van der Waals surface area contributed by atoms with Crippen molar-refractivity contribution in [1.82, 2.24) is 4.98 Å². The predicted molar refractivity (Wildman–Crippen MR) is 64.4 cm³/mol. The lowest BCUT2D eigenvalue weighted by Gasteiger charge is -1.95. The van der Waals surface area contributed by atoms with E-state index >= 15 is 0 Å². The highest BCUT2D eigenvalue weighted by Crippen LogP contribution is 2.20. The lowest BCUT2D eigenvalue weighted by Crippen LogP contribution is -2.06. The number of ether oxygens (including phenoxy) is 1. The van der Waals surface area contributed by atoms with Crippen molar-refractivity contribution in [3.63, 3.8) is 0 Å². The number of hydrogen-bond donors (Lipinski definition) is 1. The first-order chi connectivity index (χ1) is 8.86. The maximum absolute atomic E-state index is 11.4. The largest absolute Gasteiger partial charge is 0.480 e. The minimum Gasteiger partial charge on any atom is -0.480 e. The Balaban J connectivity index is 2.23. The third-order valence-electron chi connectivity index (χ3n) is 2.28. The van der Waals surface area contributed by atoms with Crippen LogP contribution in [0.1, 0.15) is 5.89 Å². The van der Waals surface area contributed by atoms with Gasteiger partial charge in [-0.15, -0.1) is 0 Å². The molecule has 0 aliphatic rings. The molecule has 1 aromatic carbocycles. The number of oxazole rings is 1. The van der Waals surface area contributed by atoms with Crippen LogP contribution in [0.15, 0.2) is 27.5 Å². The number of benzene rings is 1.